The molecule has 1 aliphatic heterocycles. The van der Waals surface area contributed by atoms with Gasteiger partial charge in [-0.1, -0.05) is 11.6 Å². The molecule has 1 aromatic carbocycles. The van der Waals surface area contributed by atoms with E-state index in [4.69, 9.17) is 11.6 Å². The molecule has 0 radical (unpaired) electrons. The molecule has 0 bridgehead atoms. The molecule has 0 saturated carbocycles. The second-order valence-corrected chi connectivity index (χ2v) is 5.01. The quantitative estimate of drug-likeness (QED) is 0.783. The van der Waals surface area contributed by atoms with E-state index in [1.54, 1.807) is 0 Å². The van der Waals surface area contributed by atoms with Gasteiger partial charge in [0, 0.05) is 18.2 Å². The Morgan fingerprint density at radius 3 is 2.71 bits per heavy atom. The van der Waals surface area contributed by atoms with Gasteiger partial charge in [0.1, 0.15) is 17.2 Å². The molecule has 3 rings (SSSR count). The fourth-order valence-electron chi connectivity index (χ4n) is 2.06. The Labute approximate surface area is 121 Å². The van der Waals surface area contributed by atoms with E-state index in [1.165, 1.54) is 12.3 Å². The second-order valence-electron chi connectivity index (χ2n) is 4.58. The Balaban J connectivity index is 2.06. The SMILES string of the molecule is FC1CC(Cl)=NC=C1c1nc2ccc(C(F)(F)F)cc2[nH]1. The highest BCUT2D eigenvalue weighted by atomic mass is 35.5. The van der Waals surface area contributed by atoms with Gasteiger partial charge in [0.05, 0.1) is 16.6 Å². The van der Waals surface area contributed by atoms with E-state index in [1.807, 2.05) is 0 Å². The highest BCUT2D eigenvalue weighted by molar-refractivity contribution is 6.65. The zero-order chi connectivity index (χ0) is 15.2. The van der Waals surface area contributed by atoms with Crippen LogP contribution in [0.3, 0.4) is 0 Å². The van der Waals surface area contributed by atoms with Gasteiger partial charge in [-0.2, -0.15) is 13.2 Å². The standard InChI is InChI=1S/C13H8ClF4N3/c14-11-4-8(15)7(5-19-11)12-20-9-2-1-6(13(16,17)18)3-10(9)21-12/h1-3,5,8H,4H2,(H,20,21). The largest absolute Gasteiger partial charge is 0.416 e. The molecule has 1 aromatic heterocycles. The van der Waals surface area contributed by atoms with Crippen LogP contribution in [-0.4, -0.2) is 21.3 Å². The van der Waals surface area contributed by atoms with Gasteiger partial charge in [0.25, 0.3) is 0 Å². The third-order valence-electron chi connectivity index (χ3n) is 3.11. The highest BCUT2D eigenvalue weighted by Gasteiger charge is 2.31. The first-order valence-electron chi connectivity index (χ1n) is 5.98. The van der Waals surface area contributed by atoms with Crippen LogP contribution in [0.5, 0.6) is 0 Å². The fraction of sp³-hybridized carbons (Fsp3) is 0.231. The number of imidazole rings is 1. The van der Waals surface area contributed by atoms with Crippen molar-refractivity contribution in [2.45, 2.75) is 18.8 Å². The van der Waals surface area contributed by atoms with Crippen LogP contribution < -0.4 is 0 Å². The molecule has 0 fully saturated rings. The number of nitrogens with one attached hydrogen (secondary N) is 1. The number of aliphatic imine (C=N–C) groups is 1. The minimum Gasteiger partial charge on any atom is -0.338 e. The maximum Gasteiger partial charge on any atom is 0.416 e. The molecule has 3 nitrogen and oxygen atoms in total. The van der Waals surface area contributed by atoms with Crippen LogP contribution in [-0.2, 0) is 6.18 Å². The molecule has 21 heavy (non-hydrogen) atoms. The lowest BCUT2D eigenvalue weighted by Crippen LogP contribution is -2.12. The van der Waals surface area contributed by atoms with Gasteiger partial charge in [0.2, 0.25) is 0 Å². The van der Waals surface area contributed by atoms with Gasteiger partial charge in [-0.25, -0.2) is 14.4 Å². The van der Waals surface area contributed by atoms with Crippen LogP contribution in [0.25, 0.3) is 16.6 Å². The molecule has 1 unspecified atom stereocenters. The van der Waals surface area contributed by atoms with Crippen LogP contribution in [0.15, 0.2) is 29.4 Å². The van der Waals surface area contributed by atoms with Crippen molar-refractivity contribution in [2.75, 3.05) is 0 Å². The number of benzene rings is 1. The summed E-state index contributed by atoms with van der Waals surface area (Å²) >= 11 is 5.62. The zero-order valence-electron chi connectivity index (χ0n) is 10.4. The summed E-state index contributed by atoms with van der Waals surface area (Å²) in [7, 11) is 0. The monoisotopic (exact) mass is 317 g/mol. The summed E-state index contributed by atoms with van der Waals surface area (Å²) in [6.45, 7) is 0. The fourth-order valence-corrected chi connectivity index (χ4v) is 2.25. The van der Waals surface area contributed by atoms with Crippen LogP contribution in [0.1, 0.15) is 17.8 Å². The number of aromatic nitrogens is 2. The number of fused-ring (bicyclic) bond motifs is 1. The highest BCUT2D eigenvalue weighted by Crippen LogP contribution is 2.32. The first-order valence-corrected chi connectivity index (χ1v) is 6.36. The van der Waals surface area contributed by atoms with Crippen LogP contribution in [0.2, 0.25) is 0 Å². The van der Waals surface area contributed by atoms with Crippen molar-refractivity contribution < 1.29 is 17.6 Å². The van der Waals surface area contributed by atoms with Gasteiger partial charge in [-0.3, -0.25) is 0 Å². The minimum absolute atomic E-state index is 0.0712. The molecular formula is C13H8ClF4N3. The van der Waals surface area contributed by atoms with Gasteiger partial charge in [0.15, 0.2) is 0 Å². The first-order chi connectivity index (χ1) is 9.84. The molecule has 8 heteroatoms. The number of rotatable bonds is 1. The summed E-state index contributed by atoms with van der Waals surface area (Å²) in [4.78, 5) is 10.6. The smallest absolute Gasteiger partial charge is 0.338 e. The Morgan fingerprint density at radius 1 is 1.29 bits per heavy atom. The molecule has 110 valence electrons. The van der Waals surface area contributed by atoms with Crippen LogP contribution in [0, 0.1) is 0 Å². The molecule has 2 aromatic rings. The molecule has 0 amide bonds. The average molecular weight is 318 g/mol. The lowest BCUT2D eigenvalue weighted by molar-refractivity contribution is -0.137. The van der Waals surface area contributed by atoms with Crippen LogP contribution in [0.4, 0.5) is 17.6 Å². The number of aromatic amines is 1. The zero-order valence-corrected chi connectivity index (χ0v) is 11.1. The molecule has 2 heterocycles. The second kappa shape index (κ2) is 4.84. The summed E-state index contributed by atoms with van der Waals surface area (Å²) in [6, 6.07) is 3.12. The molecule has 1 N–H and O–H groups in total. The molecule has 1 atom stereocenters. The van der Waals surface area contributed by atoms with Gasteiger partial charge in [-0.05, 0) is 18.2 Å². The third-order valence-corrected chi connectivity index (χ3v) is 3.36. The third kappa shape index (κ3) is 2.65. The molecule has 0 aliphatic carbocycles. The minimum atomic E-state index is -4.44. The summed E-state index contributed by atoms with van der Waals surface area (Å²) in [5.74, 6) is 0.157. The number of allylic oxidation sites excluding steroid dienone is 1. The van der Waals surface area contributed by atoms with Crippen molar-refractivity contribution in [1.82, 2.24) is 9.97 Å². The normalized spacial score (nSPS) is 19.6. The maximum atomic E-state index is 13.9. The van der Waals surface area contributed by atoms with E-state index in [0.717, 1.165) is 12.1 Å². The summed E-state index contributed by atoms with van der Waals surface area (Å²) in [5.41, 5.74) is -0.106. The van der Waals surface area contributed by atoms with Crippen molar-refractivity contribution in [1.29, 1.82) is 0 Å². The molecular weight excluding hydrogens is 310 g/mol. The molecule has 1 aliphatic rings. The van der Waals surface area contributed by atoms with E-state index in [0.29, 0.717) is 5.52 Å². The Kier molecular flexibility index (Phi) is 3.24. The van der Waals surface area contributed by atoms with Crippen molar-refractivity contribution in [3.8, 4) is 0 Å². The number of halogens is 5. The average Bonchev–Trinajstić information content (AvgIpc) is 2.79. The molecule has 0 spiro atoms. The Bertz CT molecular complexity index is 760. The number of hydrogen-bond donors (Lipinski definition) is 1. The van der Waals surface area contributed by atoms with Gasteiger partial charge < -0.3 is 4.98 Å². The predicted octanol–water partition coefficient (Wildman–Crippen LogP) is 4.30. The van der Waals surface area contributed by atoms with E-state index in [-0.39, 0.29) is 28.5 Å². The number of alkyl halides is 4. The maximum absolute atomic E-state index is 13.9. The summed E-state index contributed by atoms with van der Waals surface area (Å²) in [6.07, 6.45) is -4.67. The van der Waals surface area contributed by atoms with E-state index in [2.05, 4.69) is 15.0 Å². The van der Waals surface area contributed by atoms with E-state index in [9.17, 15) is 17.6 Å². The first kappa shape index (κ1) is 14.1. The number of hydrogen-bond acceptors (Lipinski definition) is 2. The van der Waals surface area contributed by atoms with Crippen LogP contribution >= 0.6 is 11.6 Å². The topological polar surface area (TPSA) is 41.0 Å². The number of H-pyrrole nitrogens is 1. The van der Waals surface area contributed by atoms with Crippen molar-refractivity contribution >= 4 is 33.4 Å². The van der Waals surface area contributed by atoms with E-state index < -0.39 is 17.9 Å². The van der Waals surface area contributed by atoms with Gasteiger partial charge >= 0.3 is 6.18 Å². The Hall–Kier alpha value is -1.89. The predicted molar refractivity (Wildman–Crippen MR) is 71.9 cm³/mol. The Morgan fingerprint density at radius 2 is 2.05 bits per heavy atom. The van der Waals surface area contributed by atoms with Gasteiger partial charge in [-0.15, -0.1) is 0 Å². The summed E-state index contributed by atoms with van der Waals surface area (Å²) < 4.78 is 51.8. The summed E-state index contributed by atoms with van der Waals surface area (Å²) in [5, 5.41) is 0.140. The van der Waals surface area contributed by atoms with Crippen molar-refractivity contribution in [3.05, 3.63) is 35.8 Å². The number of nitrogens with zero attached hydrogens (tertiary/aromatic N) is 2. The molecule has 0 saturated heterocycles. The van der Waals surface area contributed by atoms with Crippen molar-refractivity contribution in [2.24, 2.45) is 4.99 Å². The lowest BCUT2D eigenvalue weighted by atomic mass is 10.1. The lowest BCUT2D eigenvalue weighted by Gasteiger charge is -2.12. The van der Waals surface area contributed by atoms with E-state index >= 15 is 0 Å². The van der Waals surface area contributed by atoms with Crippen molar-refractivity contribution in [3.63, 3.8) is 0 Å².